The number of aldehydes is 1. The van der Waals surface area contributed by atoms with E-state index in [9.17, 15) is 29.4 Å². The molecule has 13 atom stereocenters. The number of aliphatic hydroxyl groups excluding tert-OH is 1. The number of hydrogen-bond acceptors (Lipinski definition) is 10. The summed E-state index contributed by atoms with van der Waals surface area (Å²) in [6.45, 7) is 7.82. The van der Waals surface area contributed by atoms with Crippen molar-refractivity contribution in [2.75, 3.05) is 13.7 Å². The first-order valence-electron chi connectivity index (χ1n) is 18.3. The van der Waals surface area contributed by atoms with E-state index < -0.39 is 70.6 Å². The summed E-state index contributed by atoms with van der Waals surface area (Å²) in [4.78, 5) is 51.1. The molecule has 4 aliphatic carbocycles. The van der Waals surface area contributed by atoms with Crippen molar-refractivity contribution in [3.05, 3.63) is 11.6 Å². The normalized spacial score (nSPS) is 45.1. The van der Waals surface area contributed by atoms with E-state index in [-0.39, 0.29) is 36.7 Å². The van der Waals surface area contributed by atoms with Gasteiger partial charge < -0.3 is 43.8 Å². The lowest BCUT2D eigenvalue weighted by atomic mass is 9.43. The van der Waals surface area contributed by atoms with Gasteiger partial charge in [-0.25, -0.2) is 4.79 Å². The Morgan fingerprint density at radius 1 is 1.08 bits per heavy atom. The SMILES string of the molecule is CO[C@@H]1[C@@H](C)O[C@@H](OCC23CC4C(C)CCC4C4(C=O)CC2C=C(C(C)C)[C@]43C(=O)O)[C@@H](O)[C@@]12OC(=O)[C@H](CCCCCCCC(=O)O)O2. The van der Waals surface area contributed by atoms with Crippen LogP contribution in [0.15, 0.2) is 11.6 Å². The Morgan fingerprint density at radius 2 is 1.80 bits per heavy atom. The predicted octanol–water partition coefficient (Wildman–Crippen LogP) is 4.50. The summed E-state index contributed by atoms with van der Waals surface area (Å²) in [5, 5.41) is 32.0. The molecule has 5 fully saturated rings. The molecule has 49 heavy (non-hydrogen) atoms. The van der Waals surface area contributed by atoms with Gasteiger partial charge in [0.25, 0.3) is 5.79 Å². The molecule has 12 heteroatoms. The number of aliphatic carboxylic acids is 2. The number of fused-ring (bicyclic) bond motifs is 2. The Bertz CT molecular complexity index is 1350. The monoisotopic (exact) mass is 690 g/mol. The first-order valence-corrected chi connectivity index (χ1v) is 18.3. The van der Waals surface area contributed by atoms with E-state index in [0.29, 0.717) is 38.0 Å². The number of carbonyl (C=O) groups is 4. The second-order valence-electron chi connectivity index (χ2n) is 16.1. The van der Waals surface area contributed by atoms with Crippen LogP contribution in [-0.4, -0.2) is 89.7 Å². The number of ether oxygens (including phenoxy) is 5. The number of hydrogen-bond donors (Lipinski definition) is 3. The zero-order chi connectivity index (χ0) is 35.5. The summed E-state index contributed by atoms with van der Waals surface area (Å²) in [5.41, 5.74) is -2.64. The Balaban J connectivity index is 1.23. The Labute approximate surface area is 288 Å². The predicted molar refractivity (Wildman–Crippen MR) is 173 cm³/mol. The number of unbranched alkanes of at least 4 members (excludes halogenated alkanes) is 4. The van der Waals surface area contributed by atoms with Crippen LogP contribution in [0.5, 0.6) is 0 Å². The number of methoxy groups -OCH3 is 1. The van der Waals surface area contributed by atoms with Crippen molar-refractivity contribution in [3.63, 3.8) is 0 Å². The average Bonchev–Trinajstić information content (AvgIpc) is 3.72. The third kappa shape index (κ3) is 5.17. The van der Waals surface area contributed by atoms with Gasteiger partial charge in [-0.1, -0.05) is 64.5 Å². The maximum Gasteiger partial charge on any atom is 0.338 e. The van der Waals surface area contributed by atoms with Crippen molar-refractivity contribution in [1.82, 2.24) is 0 Å². The fourth-order valence-electron chi connectivity index (χ4n) is 11.5. The molecule has 1 spiro atoms. The third-order valence-electron chi connectivity index (χ3n) is 13.4. The second kappa shape index (κ2) is 13.3. The van der Waals surface area contributed by atoms with E-state index in [4.69, 9.17) is 28.8 Å². The number of carboxylic acid groups (broad SMARTS) is 2. The van der Waals surface area contributed by atoms with Crippen molar-refractivity contribution in [2.45, 2.75) is 135 Å². The van der Waals surface area contributed by atoms with Crippen LogP contribution in [0.1, 0.15) is 98.3 Å². The summed E-state index contributed by atoms with van der Waals surface area (Å²) < 4.78 is 30.5. The number of aliphatic hydroxyl groups is 1. The van der Waals surface area contributed by atoms with E-state index in [0.717, 1.165) is 44.0 Å². The van der Waals surface area contributed by atoms with Crippen molar-refractivity contribution in [1.29, 1.82) is 0 Å². The Hall–Kier alpha value is -2.38. The molecule has 3 saturated carbocycles. The number of carboxylic acids is 2. The third-order valence-corrected chi connectivity index (χ3v) is 13.4. The van der Waals surface area contributed by atoms with Gasteiger partial charge in [-0.2, -0.15) is 0 Å². The van der Waals surface area contributed by atoms with Crippen LogP contribution in [0.25, 0.3) is 0 Å². The molecule has 2 aliphatic heterocycles. The summed E-state index contributed by atoms with van der Waals surface area (Å²) in [5.74, 6) is -4.13. The molecule has 12 nitrogen and oxygen atoms in total. The minimum Gasteiger partial charge on any atom is -0.481 e. The maximum atomic E-state index is 13.8. The molecule has 0 aromatic carbocycles. The van der Waals surface area contributed by atoms with E-state index in [1.807, 2.05) is 13.8 Å². The second-order valence-corrected chi connectivity index (χ2v) is 16.1. The van der Waals surface area contributed by atoms with Crippen LogP contribution in [0.2, 0.25) is 0 Å². The molecule has 2 heterocycles. The molecule has 6 rings (SSSR count). The standard InChI is InChI=1S/C37H54O12/c1-20(2)26-15-23-16-34(18-38)25-14-13-21(3)24(25)17-35(23,36(26,34)33(43)44)19-46-32-29(41)37(30(45-5)22(4)47-32)48-27(31(42)49-37)11-9-7-6-8-10-12-28(39)40/h15,18,20-25,27,29-30,32,41H,6-14,16-17,19H2,1-5H3,(H,39,40)(H,43,44)/t21?,22-,23?,24?,25?,27+,29-,30-,32-,34?,35?,36+,37-/m1/s1. The smallest absolute Gasteiger partial charge is 0.338 e. The molecule has 0 radical (unpaired) electrons. The number of rotatable bonds is 15. The van der Waals surface area contributed by atoms with E-state index in [1.54, 1.807) is 6.92 Å². The Kier molecular flexibility index (Phi) is 9.89. The highest BCUT2D eigenvalue weighted by Gasteiger charge is 2.84. The first-order chi connectivity index (χ1) is 23.3. The molecule has 6 aliphatic rings. The van der Waals surface area contributed by atoms with Gasteiger partial charge in [0.1, 0.15) is 11.7 Å². The molecule has 0 amide bonds. The molecule has 0 aromatic heterocycles. The maximum absolute atomic E-state index is 13.8. The number of carbonyl (C=O) groups excluding carboxylic acids is 2. The van der Waals surface area contributed by atoms with E-state index >= 15 is 0 Å². The average molecular weight is 691 g/mol. The summed E-state index contributed by atoms with van der Waals surface area (Å²) >= 11 is 0. The molecule has 274 valence electrons. The van der Waals surface area contributed by atoms with Gasteiger partial charge in [0.2, 0.25) is 0 Å². The fourth-order valence-corrected chi connectivity index (χ4v) is 11.5. The molecule has 0 aromatic rings. The lowest BCUT2D eigenvalue weighted by Crippen LogP contribution is -2.68. The van der Waals surface area contributed by atoms with Gasteiger partial charge >= 0.3 is 17.9 Å². The van der Waals surface area contributed by atoms with Gasteiger partial charge in [-0.15, -0.1) is 0 Å². The van der Waals surface area contributed by atoms with Crippen molar-refractivity contribution < 1.29 is 58.2 Å². The largest absolute Gasteiger partial charge is 0.481 e. The van der Waals surface area contributed by atoms with Gasteiger partial charge in [0.15, 0.2) is 24.6 Å². The highest BCUT2D eigenvalue weighted by Crippen LogP contribution is 2.82. The molecular formula is C37H54O12. The van der Waals surface area contributed by atoms with E-state index in [2.05, 4.69) is 13.0 Å². The van der Waals surface area contributed by atoms with Crippen molar-refractivity contribution >= 4 is 24.2 Å². The van der Waals surface area contributed by atoms with Crippen LogP contribution >= 0.6 is 0 Å². The van der Waals surface area contributed by atoms with Crippen molar-refractivity contribution in [2.24, 2.45) is 45.8 Å². The molecule has 6 unspecified atom stereocenters. The topological polar surface area (TPSA) is 175 Å². The Morgan fingerprint density at radius 3 is 2.45 bits per heavy atom. The van der Waals surface area contributed by atoms with Gasteiger partial charge in [0, 0.05) is 18.9 Å². The van der Waals surface area contributed by atoms with Crippen LogP contribution in [0, 0.1) is 45.8 Å². The van der Waals surface area contributed by atoms with Crippen LogP contribution in [0.3, 0.4) is 0 Å². The lowest BCUT2D eigenvalue weighted by molar-refractivity contribution is -0.386. The number of esters is 1. The van der Waals surface area contributed by atoms with Gasteiger partial charge in [0.05, 0.1) is 18.1 Å². The summed E-state index contributed by atoms with van der Waals surface area (Å²) in [6.07, 6.45) is 4.42. The molecule has 2 saturated heterocycles. The summed E-state index contributed by atoms with van der Waals surface area (Å²) in [6, 6.07) is 0. The number of allylic oxidation sites excluding steroid dienone is 1. The van der Waals surface area contributed by atoms with Gasteiger partial charge in [-0.3, -0.25) is 9.59 Å². The zero-order valence-electron chi connectivity index (χ0n) is 29.4. The van der Waals surface area contributed by atoms with Crippen molar-refractivity contribution in [3.8, 4) is 0 Å². The molecule has 3 N–H and O–H groups in total. The highest BCUT2D eigenvalue weighted by atomic mass is 16.8. The zero-order valence-corrected chi connectivity index (χ0v) is 29.4. The van der Waals surface area contributed by atoms with Crippen LogP contribution in [0.4, 0.5) is 0 Å². The van der Waals surface area contributed by atoms with Crippen LogP contribution < -0.4 is 0 Å². The fraction of sp³-hybridized carbons (Fsp3) is 0.838. The highest BCUT2D eigenvalue weighted by molar-refractivity contribution is 5.90. The quantitative estimate of drug-likeness (QED) is 0.0951. The van der Waals surface area contributed by atoms with Crippen LogP contribution in [-0.2, 0) is 42.9 Å². The van der Waals surface area contributed by atoms with E-state index in [1.165, 1.54) is 7.11 Å². The lowest BCUT2D eigenvalue weighted by Gasteiger charge is -2.58. The van der Waals surface area contributed by atoms with Gasteiger partial charge in [-0.05, 0) is 68.6 Å². The summed E-state index contributed by atoms with van der Waals surface area (Å²) in [7, 11) is 1.42. The first kappa shape index (κ1) is 36.4. The molecular weight excluding hydrogens is 636 g/mol. The molecule has 4 bridgehead atoms. The minimum absolute atomic E-state index is 0.0214. The minimum atomic E-state index is -1.90.